The van der Waals surface area contributed by atoms with Crippen molar-refractivity contribution in [1.82, 2.24) is 14.7 Å². The number of carboxylic acids is 1. The number of nitrogens with zero attached hydrogens (tertiary/aromatic N) is 3. The Morgan fingerprint density at radius 3 is 2.43 bits per heavy atom. The van der Waals surface area contributed by atoms with Crippen LogP contribution in [-0.4, -0.2) is 37.8 Å². The van der Waals surface area contributed by atoms with Crippen LogP contribution in [-0.2, 0) is 27.5 Å². The van der Waals surface area contributed by atoms with Gasteiger partial charge in [0.2, 0.25) is 11.5 Å². The normalized spacial score (nSPS) is 11.8. The summed E-state index contributed by atoms with van der Waals surface area (Å²) in [6, 6.07) is 7.17. The van der Waals surface area contributed by atoms with E-state index in [1.54, 1.807) is 45.0 Å². The van der Waals surface area contributed by atoms with Crippen LogP contribution in [0.25, 0.3) is 0 Å². The highest BCUT2D eigenvalue weighted by molar-refractivity contribution is 7.09. The Hall–Kier alpha value is -3.21. The number of oxime groups is 1. The number of carboxylic acid groups (broad SMARTS) is 1. The lowest BCUT2D eigenvalue weighted by Crippen LogP contribution is -2.32. The van der Waals surface area contributed by atoms with E-state index in [4.69, 9.17) is 15.3 Å². The topological polar surface area (TPSA) is 149 Å². The number of benzene rings is 1. The molecular weight excluding hydrogens is 386 g/mol. The third kappa shape index (κ3) is 6.83. The van der Waals surface area contributed by atoms with Gasteiger partial charge in [-0.25, -0.2) is 9.59 Å². The number of rotatable bonds is 7. The summed E-state index contributed by atoms with van der Waals surface area (Å²) in [6.07, 6.45) is -0.494. The maximum atomic E-state index is 11.6. The Labute approximate surface area is 165 Å². The molecule has 1 aromatic heterocycles. The zero-order chi connectivity index (χ0) is 20.7. The number of aromatic nitrogens is 2. The molecule has 4 N–H and O–H groups in total. The molecule has 0 atom stereocenters. The zero-order valence-electron chi connectivity index (χ0n) is 15.6. The van der Waals surface area contributed by atoms with Crippen LogP contribution in [0.3, 0.4) is 0 Å². The first-order chi connectivity index (χ1) is 13.1. The lowest BCUT2D eigenvalue weighted by Gasteiger charge is -2.19. The molecule has 0 saturated heterocycles. The number of nitrogens with two attached hydrogens (primary N) is 1. The first-order valence-corrected chi connectivity index (χ1v) is 8.99. The fourth-order valence-corrected chi connectivity index (χ4v) is 2.35. The standard InChI is InChI=1S/C17H21N5O5S/c1-17(2,3)27-16(25)19-8-10-4-6-11(7-5-10)9-26-21-12(14(23)24)13-20-15(18)28-22-13/h4-7H,8-9H2,1-3H3,(H,19,25)(H,23,24)(H2,18,20,22)/b21-12+. The molecule has 28 heavy (non-hydrogen) atoms. The summed E-state index contributed by atoms with van der Waals surface area (Å²) < 4.78 is 8.97. The van der Waals surface area contributed by atoms with Gasteiger partial charge in [-0.15, -0.1) is 0 Å². The van der Waals surface area contributed by atoms with E-state index in [0.717, 1.165) is 22.7 Å². The quantitative estimate of drug-likeness (QED) is 0.467. The molecule has 0 aliphatic rings. The van der Waals surface area contributed by atoms with Crippen LogP contribution < -0.4 is 11.1 Å². The monoisotopic (exact) mass is 407 g/mol. The van der Waals surface area contributed by atoms with Crippen molar-refractivity contribution in [2.24, 2.45) is 5.16 Å². The van der Waals surface area contributed by atoms with Crippen LogP contribution in [0.4, 0.5) is 9.93 Å². The van der Waals surface area contributed by atoms with Crippen molar-refractivity contribution >= 4 is 34.4 Å². The SMILES string of the molecule is CC(C)(C)OC(=O)NCc1ccc(CO/N=C(/C(=O)O)c2nsc(N)n2)cc1. The Morgan fingerprint density at radius 1 is 1.25 bits per heavy atom. The molecule has 0 fully saturated rings. The van der Waals surface area contributed by atoms with Gasteiger partial charge >= 0.3 is 12.1 Å². The van der Waals surface area contributed by atoms with Gasteiger partial charge in [-0.05, 0) is 31.9 Å². The molecule has 0 bridgehead atoms. The second-order valence-corrected chi connectivity index (χ2v) is 7.43. The Kier molecular flexibility index (Phi) is 6.88. The summed E-state index contributed by atoms with van der Waals surface area (Å²) in [7, 11) is 0. The van der Waals surface area contributed by atoms with Crippen molar-refractivity contribution in [3.05, 3.63) is 41.2 Å². The number of hydrogen-bond donors (Lipinski definition) is 3. The highest BCUT2D eigenvalue weighted by Gasteiger charge is 2.19. The highest BCUT2D eigenvalue weighted by atomic mass is 32.1. The fourth-order valence-electron chi connectivity index (χ4n) is 1.92. The smallest absolute Gasteiger partial charge is 0.407 e. The summed E-state index contributed by atoms with van der Waals surface area (Å²) >= 11 is 0.869. The van der Waals surface area contributed by atoms with Crippen LogP contribution in [0.5, 0.6) is 0 Å². The fraction of sp³-hybridized carbons (Fsp3) is 0.353. The first-order valence-electron chi connectivity index (χ1n) is 8.21. The number of amides is 1. The van der Waals surface area contributed by atoms with Crippen molar-refractivity contribution in [1.29, 1.82) is 0 Å². The molecule has 1 heterocycles. The molecule has 11 heteroatoms. The molecule has 0 saturated carbocycles. The molecule has 2 rings (SSSR count). The third-order valence-electron chi connectivity index (χ3n) is 3.10. The Bertz CT molecular complexity index is 858. The zero-order valence-corrected chi connectivity index (χ0v) is 16.4. The van der Waals surface area contributed by atoms with Crippen molar-refractivity contribution in [3.8, 4) is 0 Å². The molecule has 10 nitrogen and oxygen atoms in total. The van der Waals surface area contributed by atoms with Gasteiger partial charge in [0.15, 0.2) is 5.13 Å². The second-order valence-electron chi connectivity index (χ2n) is 6.65. The average Bonchev–Trinajstić information content (AvgIpc) is 3.02. The second kappa shape index (κ2) is 9.13. The molecular formula is C17H21N5O5S. The van der Waals surface area contributed by atoms with Gasteiger partial charge in [-0.2, -0.15) is 9.36 Å². The number of alkyl carbamates (subject to hydrolysis) is 1. The van der Waals surface area contributed by atoms with Crippen molar-refractivity contribution in [3.63, 3.8) is 0 Å². The van der Waals surface area contributed by atoms with Gasteiger partial charge in [-0.3, -0.25) is 0 Å². The van der Waals surface area contributed by atoms with Gasteiger partial charge < -0.3 is 25.7 Å². The largest absolute Gasteiger partial charge is 0.476 e. The molecule has 0 radical (unpaired) electrons. The summed E-state index contributed by atoms with van der Waals surface area (Å²) in [4.78, 5) is 31.8. The molecule has 0 spiro atoms. The molecule has 0 aliphatic carbocycles. The maximum absolute atomic E-state index is 11.6. The minimum Gasteiger partial charge on any atom is -0.476 e. The van der Waals surface area contributed by atoms with E-state index >= 15 is 0 Å². The van der Waals surface area contributed by atoms with Crippen LogP contribution in [0.2, 0.25) is 0 Å². The van der Waals surface area contributed by atoms with E-state index in [0.29, 0.717) is 6.54 Å². The van der Waals surface area contributed by atoms with Crippen molar-refractivity contribution in [2.45, 2.75) is 39.5 Å². The predicted octanol–water partition coefficient (Wildman–Crippen LogP) is 2.15. The lowest BCUT2D eigenvalue weighted by molar-refractivity contribution is -0.129. The van der Waals surface area contributed by atoms with Gasteiger partial charge in [0.1, 0.15) is 12.2 Å². The summed E-state index contributed by atoms with van der Waals surface area (Å²) in [6.45, 7) is 5.74. The first kappa shape index (κ1) is 21.1. The van der Waals surface area contributed by atoms with Gasteiger partial charge in [0, 0.05) is 18.1 Å². The van der Waals surface area contributed by atoms with E-state index in [1.807, 2.05) is 0 Å². The van der Waals surface area contributed by atoms with Crippen LogP contribution in [0.15, 0.2) is 29.4 Å². The highest BCUT2D eigenvalue weighted by Crippen LogP contribution is 2.10. The molecule has 2 aromatic rings. The molecule has 1 amide bonds. The van der Waals surface area contributed by atoms with E-state index in [9.17, 15) is 14.7 Å². The number of carbonyl (C=O) groups is 2. The van der Waals surface area contributed by atoms with E-state index in [2.05, 4.69) is 19.8 Å². The Morgan fingerprint density at radius 2 is 1.89 bits per heavy atom. The van der Waals surface area contributed by atoms with E-state index < -0.39 is 23.4 Å². The number of ether oxygens (including phenoxy) is 1. The molecule has 0 aliphatic heterocycles. The molecule has 1 aromatic carbocycles. The third-order valence-corrected chi connectivity index (χ3v) is 3.64. The average molecular weight is 407 g/mol. The summed E-state index contributed by atoms with van der Waals surface area (Å²) in [5.74, 6) is -1.42. The van der Waals surface area contributed by atoms with Gasteiger partial charge in [-0.1, -0.05) is 29.4 Å². The van der Waals surface area contributed by atoms with Crippen LogP contribution in [0.1, 0.15) is 37.7 Å². The van der Waals surface area contributed by atoms with Crippen LogP contribution >= 0.6 is 11.5 Å². The number of nitrogens with one attached hydrogen (secondary N) is 1. The number of hydrogen-bond acceptors (Lipinski definition) is 9. The minimum atomic E-state index is -1.32. The lowest BCUT2D eigenvalue weighted by atomic mass is 10.1. The van der Waals surface area contributed by atoms with Crippen LogP contribution in [0, 0.1) is 0 Å². The van der Waals surface area contributed by atoms with E-state index in [-0.39, 0.29) is 17.6 Å². The predicted molar refractivity (Wildman–Crippen MR) is 103 cm³/mol. The van der Waals surface area contributed by atoms with Gasteiger partial charge in [0.05, 0.1) is 0 Å². The van der Waals surface area contributed by atoms with Crippen molar-refractivity contribution in [2.75, 3.05) is 5.73 Å². The Balaban J connectivity index is 1.88. The van der Waals surface area contributed by atoms with Crippen molar-refractivity contribution < 1.29 is 24.3 Å². The van der Waals surface area contributed by atoms with Gasteiger partial charge in [0.25, 0.3) is 0 Å². The minimum absolute atomic E-state index is 0.0518. The number of aliphatic carboxylic acids is 1. The maximum Gasteiger partial charge on any atom is 0.407 e. The summed E-state index contributed by atoms with van der Waals surface area (Å²) in [5.41, 5.74) is 6.10. The number of nitrogen functional groups attached to an aromatic ring is 1. The summed E-state index contributed by atoms with van der Waals surface area (Å²) in [5, 5.41) is 15.6. The molecule has 150 valence electrons. The number of carbonyl (C=O) groups excluding carboxylic acids is 1. The molecule has 0 unspecified atom stereocenters. The number of anilines is 1. The van der Waals surface area contributed by atoms with E-state index in [1.165, 1.54) is 0 Å².